The molecule has 0 spiro atoms. The van der Waals surface area contributed by atoms with E-state index in [1.807, 2.05) is 18.2 Å². The molecular weight excluding hydrogens is 298 g/mol. The van der Waals surface area contributed by atoms with Crippen molar-refractivity contribution in [2.45, 2.75) is 19.7 Å². The first kappa shape index (κ1) is 14.3. The quantitative estimate of drug-likeness (QED) is 0.554. The Bertz CT molecular complexity index is 762. The number of benzene rings is 2. The van der Waals surface area contributed by atoms with E-state index >= 15 is 0 Å². The molecule has 0 saturated carbocycles. The number of halogens is 1. The van der Waals surface area contributed by atoms with Crippen LogP contribution in [0.2, 0.25) is 0 Å². The Labute approximate surface area is 134 Å². The van der Waals surface area contributed by atoms with Crippen LogP contribution < -0.4 is 0 Å². The number of aromatic nitrogens is 1. The highest BCUT2D eigenvalue weighted by atomic mass is 35.5. The van der Waals surface area contributed by atoms with E-state index in [4.69, 9.17) is 16.6 Å². The molecule has 3 heteroatoms. The lowest BCUT2D eigenvalue weighted by Crippen LogP contribution is -1.88. The van der Waals surface area contributed by atoms with E-state index in [1.165, 1.54) is 16.7 Å². The smallest absolute Gasteiger partial charge is 0.124 e. The Morgan fingerprint density at radius 2 is 1.81 bits per heavy atom. The van der Waals surface area contributed by atoms with Gasteiger partial charge in [-0.1, -0.05) is 48.0 Å². The third kappa shape index (κ3) is 2.87. The maximum atomic E-state index is 6.15. The summed E-state index contributed by atoms with van der Waals surface area (Å²) >= 11 is 7.82. The van der Waals surface area contributed by atoms with E-state index in [1.54, 1.807) is 11.3 Å². The summed E-state index contributed by atoms with van der Waals surface area (Å²) in [6, 6.07) is 16.7. The third-order valence-corrected chi connectivity index (χ3v) is 5.02. The number of alkyl halides is 1. The molecule has 3 aromatic rings. The van der Waals surface area contributed by atoms with Gasteiger partial charge in [0.2, 0.25) is 0 Å². The largest absolute Gasteiger partial charge is 0.236 e. The van der Waals surface area contributed by atoms with E-state index in [0.29, 0.717) is 5.88 Å². The van der Waals surface area contributed by atoms with Gasteiger partial charge in [-0.25, -0.2) is 4.98 Å². The summed E-state index contributed by atoms with van der Waals surface area (Å²) in [7, 11) is 0. The van der Waals surface area contributed by atoms with Crippen LogP contribution in [0.5, 0.6) is 0 Å². The van der Waals surface area contributed by atoms with Gasteiger partial charge in [-0.05, 0) is 25.5 Å². The van der Waals surface area contributed by atoms with Gasteiger partial charge >= 0.3 is 0 Å². The van der Waals surface area contributed by atoms with Crippen LogP contribution in [0.4, 0.5) is 0 Å². The van der Waals surface area contributed by atoms with Gasteiger partial charge in [0.1, 0.15) is 5.01 Å². The highest BCUT2D eigenvalue weighted by molar-refractivity contribution is 7.15. The lowest BCUT2D eigenvalue weighted by Gasteiger charge is -2.05. The summed E-state index contributed by atoms with van der Waals surface area (Å²) in [4.78, 5) is 5.99. The summed E-state index contributed by atoms with van der Waals surface area (Å²) in [5, 5.41) is 1.03. The van der Waals surface area contributed by atoms with Crippen molar-refractivity contribution in [1.29, 1.82) is 0 Å². The van der Waals surface area contributed by atoms with Gasteiger partial charge in [0.25, 0.3) is 0 Å². The third-order valence-electron chi connectivity index (χ3n) is 3.49. The molecule has 0 unspecified atom stereocenters. The maximum absolute atomic E-state index is 6.15. The Morgan fingerprint density at radius 3 is 2.52 bits per heavy atom. The highest BCUT2D eigenvalue weighted by Crippen LogP contribution is 2.36. The van der Waals surface area contributed by atoms with Gasteiger partial charge in [0, 0.05) is 16.0 Å². The van der Waals surface area contributed by atoms with E-state index in [-0.39, 0.29) is 0 Å². The second-order valence-corrected chi connectivity index (χ2v) is 6.46. The molecule has 21 heavy (non-hydrogen) atoms. The molecule has 0 radical (unpaired) electrons. The molecule has 106 valence electrons. The minimum atomic E-state index is 0.493. The van der Waals surface area contributed by atoms with Crippen molar-refractivity contribution in [1.82, 2.24) is 4.98 Å². The van der Waals surface area contributed by atoms with Crippen molar-refractivity contribution in [2.75, 3.05) is 0 Å². The Kier molecular flexibility index (Phi) is 4.09. The number of aryl methyl sites for hydroxylation is 2. The van der Waals surface area contributed by atoms with Crippen LogP contribution in [0.1, 0.15) is 16.0 Å². The van der Waals surface area contributed by atoms with Crippen LogP contribution in [0.15, 0.2) is 48.5 Å². The summed E-state index contributed by atoms with van der Waals surface area (Å²) in [6.07, 6.45) is 0. The van der Waals surface area contributed by atoms with Crippen LogP contribution in [0, 0.1) is 13.8 Å². The van der Waals surface area contributed by atoms with Crippen LogP contribution in [-0.4, -0.2) is 4.98 Å². The second-order valence-electron chi connectivity index (χ2n) is 5.11. The lowest BCUT2D eigenvalue weighted by atomic mass is 10.0. The van der Waals surface area contributed by atoms with Crippen molar-refractivity contribution >= 4 is 22.9 Å². The van der Waals surface area contributed by atoms with Crippen molar-refractivity contribution in [2.24, 2.45) is 0 Å². The van der Waals surface area contributed by atoms with Gasteiger partial charge < -0.3 is 0 Å². The fourth-order valence-electron chi connectivity index (χ4n) is 2.35. The number of nitrogens with zero attached hydrogens (tertiary/aromatic N) is 1. The molecule has 0 aliphatic heterocycles. The number of hydrogen-bond acceptors (Lipinski definition) is 2. The average Bonchev–Trinajstić information content (AvgIpc) is 2.94. The number of rotatable bonds is 3. The Morgan fingerprint density at radius 1 is 1.05 bits per heavy atom. The predicted molar refractivity (Wildman–Crippen MR) is 92.0 cm³/mol. The predicted octanol–water partition coefficient (Wildman–Crippen LogP) is 5.83. The molecule has 0 aliphatic rings. The van der Waals surface area contributed by atoms with Crippen molar-refractivity contribution in [3.05, 3.63) is 64.5 Å². The number of thiazole rings is 1. The minimum Gasteiger partial charge on any atom is -0.236 e. The zero-order chi connectivity index (χ0) is 14.8. The second kappa shape index (κ2) is 6.00. The van der Waals surface area contributed by atoms with Crippen LogP contribution in [-0.2, 0) is 5.88 Å². The van der Waals surface area contributed by atoms with Crippen molar-refractivity contribution in [3.63, 3.8) is 0 Å². The van der Waals surface area contributed by atoms with Crippen LogP contribution in [0.3, 0.4) is 0 Å². The number of hydrogen-bond donors (Lipinski definition) is 0. The van der Waals surface area contributed by atoms with Crippen LogP contribution in [0.25, 0.3) is 21.8 Å². The van der Waals surface area contributed by atoms with Crippen molar-refractivity contribution in [3.8, 4) is 21.8 Å². The van der Waals surface area contributed by atoms with Gasteiger partial charge in [-0.15, -0.1) is 22.9 Å². The minimum absolute atomic E-state index is 0.493. The first-order valence-corrected chi connectivity index (χ1v) is 8.23. The molecule has 1 aromatic heterocycles. The monoisotopic (exact) mass is 313 g/mol. The standard InChI is InChI=1S/C18H16ClNS/c1-12-8-9-13(2)15(10-12)17-16(11-19)21-18(20-17)14-6-4-3-5-7-14/h3-10H,11H2,1-2H3. The summed E-state index contributed by atoms with van der Waals surface area (Å²) < 4.78 is 0. The van der Waals surface area contributed by atoms with Crippen LogP contribution >= 0.6 is 22.9 Å². The maximum Gasteiger partial charge on any atom is 0.124 e. The van der Waals surface area contributed by atoms with Crippen molar-refractivity contribution < 1.29 is 0 Å². The highest BCUT2D eigenvalue weighted by Gasteiger charge is 2.15. The Balaban J connectivity index is 2.15. The van der Waals surface area contributed by atoms with E-state index in [9.17, 15) is 0 Å². The molecule has 1 heterocycles. The zero-order valence-corrected chi connectivity index (χ0v) is 13.6. The zero-order valence-electron chi connectivity index (χ0n) is 12.1. The molecule has 0 bridgehead atoms. The Hall–Kier alpha value is -1.64. The summed E-state index contributed by atoms with van der Waals surface area (Å²) in [5.74, 6) is 0.493. The summed E-state index contributed by atoms with van der Waals surface area (Å²) in [6.45, 7) is 4.22. The van der Waals surface area contributed by atoms with Gasteiger partial charge in [-0.2, -0.15) is 0 Å². The van der Waals surface area contributed by atoms with E-state index < -0.39 is 0 Å². The molecule has 0 fully saturated rings. The molecule has 0 N–H and O–H groups in total. The SMILES string of the molecule is Cc1ccc(C)c(-c2nc(-c3ccccc3)sc2CCl)c1. The molecule has 0 atom stereocenters. The van der Waals surface area contributed by atoms with Gasteiger partial charge in [0.05, 0.1) is 11.6 Å². The fraction of sp³-hybridized carbons (Fsp3) is 0.167. The molecular formula is C18H16ClNS. The first-order chi connectivity index (χ1) is 10.2. The molecule has 0 amide bonds. The topological polar surface area (TPSA) is 12.9 Å². The van der Waals surface area contributed by atoms with E-state index in [0.717, 1.165) is 21.1 Å². The average molecular weight is 314 g/mol. The normalized spacial score (nSPS) is 10.8. The summed E-state index contributed by atoms with van der Waals surface area (Å²) in [5.41, 5.74) is 5.83. The van der Waals surface area contributed by atoms with E-state index in [2.05, 4.69) is 44.2 Å². The molecule has 1 nitrogen and oxygen atoms in total. The molecule has 0 saturated heterocycles. The van der Waals surface area contributed by atoms with Gasteiger partial charge in [0.15, 0.2) is 0 Å². The molecule has 2 aromatic carbocycles. The lowest BCUT2D eigenvalue weighted by molar-refractivity contribution is 1.31. The molecule has 3 rings (SSSR count). The van der Waals surface area contributed by atoms with Gasteiger partial charge in [-0.3, -0.25) is 0 Å². The molecule has 0 aliphatic carbocycles. The fourth-order valence-corrected chi connectivity index (χ4v) is 3.57. The first-order valence-electron chi connectivity index (χ1n) is 6.87.